The van der Waals surface area contributed by atoms with Gasteiger partial charge in [-0.05, 0) is 136 Å². The maximum atomic E-state index is 12.4. The molecule has 1 aromatic rings. The van der Waals surface area contributed by atoms with Gasteiger partial charge in [-0.1, -0.05) is 19.8 Å². The molecule has 0 amide bonds. The number of benzene rings is 1. The molecule has 3 rings (SSSR count). The molecule has 0 bridgehead atoms. The maximum Gasteiger partial charge on any atom is 0.266 e. The molecule has 0 spiro atoms. The molecule has 156 valence electrons. The van der Waals surface area contributed by atoms with Crippen molar-refractivity contribution in [2.24, 2.45) is 11.8 Å². The Morgan fingerprint density at radius 2 is 1.11 bits per heavy atom. The molecule has 2 aliphatic carbocycles. The van der Waals surface area contributed by atoms with Crippen molar-refractivity contribution in [3.05, 3.63) is 45.5 Å². The average Bonchev–Trinajstić information content (AvgIpc) is 2.67. The zero-order valence-corrected chi connectivity index (χ0v) is 18.5. The van der Waals surface area contributed by atoms with E-state index < -0.39 is 6.08 Å². The van der Waals surface area contributed by atoms with Gasteiger partial charge in [-0.25, -0.2) is 0 Å². The third-order valence-corrected chi connectivity index (χ3v) is 8.03. The zero-order valence-electron chi connectivity index (χ0n) is 18.5. The quantitative estimate of drug-likeness (QED) is 0.484. The molecule has 0 radical (unpaired) electrons. The van der Waals surface area contributed by atoms with E-state index >= 15 is 0 Å². The van der Waals surface area contributed by atoms with Crippen LogP contribution < -0.4 is 0 Å². The Balaban J connectivity index is 1.81. The minimum atomic E-state index is -1.52. The van der Waals surface area contributed by atoms with Crippen LogP contribution in [0.2, 0.25) is 0 Å². The summed E-state index contributed by atoms with van der Waals surface area (Å²) in [5.41, 5.74) is 9.30. The molecule has 0 N–H and O–H groups in total. The SMILES string of the molecule is Cc1c(C)c(C2CCC(CC=C(F)F)CC2)c(C)c(C)c1C1CCC(C)CC1. The number of halogens is 2. The minimum absolute atomic E-state index is 0.434. The van der Waals surface area contributed by atoms with E-state index in [2.05, 4.69) is 34.6 Å². The van der Waals surface area contributed by atoms with Crippen molar-refractivity contribution in [3.63, 3.8) is 0 Å². The molecular weight excluding hydrogens is 350 g/mol. The molecule has 0 unspecified atom stereocenters. The van der Waals surface area contributed by atoms with Gasteiger partial charge >= 0.3 is 0 Å². The highest BCUT2D eigenvalue weighted by atomic mass is 19.3. The van der Waals surface area contributed by atoms with Crippen LogP contribution in [0.15, 0.2) is 12.2 Å². The number of rotatable bonds is 4. The lowest BCUT2D eigenvalue weighted by atomic mass is 9.70. The van der Waals surface area contributed by atoms with Crippen molar-refractivity contribution >= 4 is 0 Å². The van der Waals surface area contributed by atoms with Crippen molar-refractivity contribution in [2.75, 3.05) is 0 Å². The normalized spacial score (nSPS) is 28.2. The molecule has 1 aromatic carbocycles. The fraction of sp³-hybridized carbons (Fsp3) is 0.692. The summed E-state index contributed by atoms with van der Waals surface area (Å²) in [4.78, 5) is 0. The van der Waals surface area contributed by atoms with Crippen LogP contribution in [0.4, 0.5) is 8.78 Å². The fourth-order valence-corrected chi connectivity index (χ4v) is 6.09. The predicted octanol–water partition coefficient (Wildman–Crippen LogP) is 8.66. The van der Waals surface area contributed by atoms with Crippen molar-refractivity contribution in [3.8, 4) is 0 Å². The van der Waals surface area contributed by atoms with Crippen LogP contribution in [0.3, 0.4) is 0 Å². The van der Waals surface area contributed by atoms with Crippen LogP contribution in [0.25, 0.3) is 0 Å². The lowest BCUT2D eigenvalue weighted by Crippen LogP contribution is -2.18. The van der Waals surface area contributed by atoms with Crippen LogP contribution in [0, 0.1) is 39.5 Å². The maximum absolute atomic E-state index is 12.4. The van der Waals surface area contributed by atoms with Gasteiger partial charge in [0.2, 0.25) is 0 Å². The Morgan fingerprint density at radius 3 is 1.50 bits per heavy atom. The molecule has 0 aromatic heterocycles. The Kier molecular flexibility index (Phi) is 6.99. The number of hydrogen-bond acceptors (Lipinski definition) is 0. The van der Waals surface area contributed by atoms with Crippen molar-refractivity contribution < 1.29 is 8.78 Å². The first-order chi connectivity index (χ1) is 13.3. The Morgan fingerprint density at radius 1 is 0.714 bits per heavy atom. The van der Waals surface area contributed by atoms with Gasteiger partial charge in [0.15, 0.2) is 0 Å². The van der Waals surface area contributed by atoms with Gasteiger partial charge in [0.25, 0.3) is 6.08 Å². The smallest absolute Gasteiger partial charge is 0.174 e. The summed E-state index contributed by atoms with van der Waals surface area (Å²) in [7, 11) is 0. The monoisotopic (exact) mass is 388 g/mol. The fourth-order valence-electron chi connectivity index (χ4n) is 6.09. The third-order valence-electron chi connectivity index (χ3n) is 8.03. The summed E-state index contributed by atoms with van der Waals surface area (Å²) in [6, 6.07) is 0. The van der Waals surface area contributed by atoms with E-state index in [9.17, 15) is 8.78 Å². The Labute approximate surface area is 170 Å². The summed E-state index contributed by atoms with van der Waals surface area (Å²) in [6.07, 6.45) is 9.99. The predicted molar refractivity (Wildman–Crippen MR) is 115 cm³/mol. The first kappa shape index (κ1) is 21.5. The van der Waals surface area contributed by atoms with Crippen molar-refractivity contribution in [2.45, 2.75) is 104 Å². The van der Waals surface area contributed by atoms with Crippen LogP contribution in [0.1, 0.15) is 110 Å². The zero-order chi connectivity index (χ0) is 20.4. The van der Waals surface area contributed by atoms with E-state index in [4.69, 9.17) is 0 Å². The van der Waals surface area contributed by atoms with Crippen LogP contribution in [-0.4, -0.2) is 0 Å². The van der Waals surface area contributed by atoms with Crippen molar-refractivity contribution in [1.29, 1.82) is 0 Å². The van der Waals surface area contributed by atoms with E-state index in [1.54, 1.807) is 11.1 Å². The highest BCUT2D eigenvalue weighted by Gasteiger charge is 2.29. The largest absolute Gasteiger partial charge is 0.266 e. The number of allylic oxidation sites excluding steroid dienone is 1. The molecule has 2 aliphatic rings. The second kappa shape index (κ2) is 9.09. The van der Waals surface area contributed by atoms with E-state index in [0.717, 1.165) is 43.6 Å². The highest BCUT2D eigenvalue weighted by Crippen LogP contribution is 2.45. The van der Waals surface area contributed by atoms with Gasteiger partial charge in [-0.15, -0.1) is 0 Å². The summed E-state index contributed by atoms with van der Waals surface area (Å²) in [5, 5.41) is 0. The molecule has 0 heterocycles. The molecule has 2 fully saturated rings. The van der Waals surface area contributed by atoms with E-state index in [1.807, 2.05) is 0 Å². The molecule has 0 aliphatic heterocycles. The summed E-state index contributed by atoms with van der Waals surface area (Å²) in [6.45, 7) is 11.8. The van der Waals surface area contributed by atoms with Gasteiger partial charge in [-0.3, -0.25) is 0 Å². The van der Waals surface area contributed by atoms with Gasteiger partial charge in [0.1, 0.15) is 0 Å². The molecule has 0 atom stereocenters. The first-order valence-corrected chi connectivity index (χ1v) is 11.4. The topological polar surface area (TPSA) is 0 Å². The standard InChI is InChI=1S/C26H38F2/c1-16-6-11-22(12-7-16)25-17(2)19(4)26(20(5)18(25)3)23-13-8-21(9-14-23)10-15-24(27)28/h15-16,21-23H,6-14H2,1-5H3. The lowest BCUT2D eigenvalue weighted by Gasteiger charge is -2.34. The van der Waals surface area contributed by atoms with Crippen molar-refractivity contribution in [1.82, 2.24) is 0 Å². The van der Waals surface area contributed by atoms with E-state index in [-0.39, 0.29) is 0 Å². The molecule has 28 heavy (non-hydrogen) atoms. The second-order valence-corrected chi connectivity index (χ2v) is 9.73. The molecular formula is C26H38F2. The number of hydrogen-bond donors (Lipinski definition) is 0. The molecule has 2 saturated carbocycles. The second-order valence-electron chi connectivity index (χ2n) is 9.73. The van der Waals surface area contributed by atoms with Crippen LogP contribution in [-0.2, 0) is 0 Å². The third kappa shape index (κ3) is 4.52. The van der Waals surface area contributed by atoms with Crippen LogP contribution in [0.5, 0.6) is 0 Å². The molecule has 2 heteroatoms. The van der Waals surface area contributed by atoms with E-state index in [0.29, 0.717) is 18.3 Å². The Bertz CT molecular complexity index is 681. The van der Waals surface area contributed by atoms with Gasteiger partial charge in [0, 0.05) is 0 Å². The Hall–Kier alpha value is -1.18. The summed E-state index contributed by atoms with van der Waals surface area (Å²) >= 11 is 0. The van der Waals surface area contributed by atoms with E-state index in [1.165, 1.54) is 47.9 Å². The van der Waals surface area contributed by atoms with Gasteiger partial charge in [0.05, 0.1) is 0 Å². The average molecular weight is 389 g/mol. The summed E-state index contributed by atoms with van der Waals surface area (Å²) in [5.74, 6) is 2.66. The summed E-state index contributed by atoms with van der Waals surface area (Å²) < 4.78 is 24.8. The van der Waals surface area contributed by atoms with Crippen LogP contribution >= 0.6 is 0 Å². The lowest BCUT2D eigenvalue weighted by molar-refractivity contribution is 0.321. The minimum Gasteiger partial charge on any atom is -0.174 e. The highest BCUT2D eigenvalue weighted by molar-refractivity contribution is 5.53. The first-order valence-electron chi connectivity index (χ1n) is 11.4. The molecule has 0 nitrogen and oxygen atoms in total. The van der Waals surface area contributed by atoms with Gasteiger partial charge in [-0.2, -0.15) is 8.78 Å². The van der Waals surface area contributed by atoms with Gasteiger partial charge < -0.3 is 0 Å². The molecule has 0 saturated heterocycles.